The summed E-state index contributed by atoms with van der Waals surface area (Å²) in [5, 5.41) is 13.3. The van der Waals surface area contributed by atoms with E-state index >= 15 is 0 Å². The van der Waals surface area contributed by atoms with E-state index in [1.54, 1.807) is 0 Å². The fourth-order valence-electron chi connectivity index (χ4n) is 2.47. The lowest BCUT2D eigenvalue weighted by Gasteiger charge is -2.06. The van der Waals surface area contributed by atoms with Crippen LogP contribution in [0.1, 0.15) is 11.7 Å². The van der Waals surface area contributed by atoms with Crippen molar-refractivity contribution < 1.29 is 4.52 Å². The fourth-order valence-corrected chi connectivity index (χ4v) is 3.57. The first-order valence-corrected chi connectivity index (χ1v) is 9.67. The molecule has 0 aliphatic rings. The van der Waals surface area contributed by atoms with Crippen molar-refractivity contribution in [2.75, 3.05) is 0 Å². The normalized spacial score (nSPS) is 11.0. The van der Waals surface area contributed by atoms with Gasteiger partial charge in [0.25, 0.3) is 0 Å². The Morgan fingerprint density at radius 1 is 1.04 bits per heavy atom. The molecule has 0 fully saturated rings. The summed E-state index contributed by atoms with van der Waals surface area (Å²) in [7, 11) is 0. The van der Waals surface area contributed by atoms with E-state index in [1.807, 2.05) is 66.1 Å². The molecule has 0 spiro atoms. The van der Waals surface area contributed by atoms with Crippen LogP contribution < -0.4 is 0 Å². The van der Waals surface area contributed by atoms with E-state index in [4.69, 9.17) is 4.52 Å². The van der Waals surface area contributed by atoms with Crippen LogP contribution in [0.5, 0.6) is 0 Å². The zero-order valence-electron chi connectivity index (χ0n) is 13.8. The van der Waals surface area contributed by atoms with Crippen molar-refractivity contribution >= 4 is 27.7 Å². The van der Waals surface area contributed by atoms with Crippen LogP contribution in [-0.2, 0) is 5.75 Å². The second kappa shape index (κ2) is 7.43. The Morgan fingerprint density at radius 2 is 1.81 bits per heavy atom. The van der Waals surface area contributed by atoms with Crippen LogP contribution in [0.25, 0.3) is 17.1 Å². The molecular formula is C18H14BrN5OS. The second-order valence-corrected chi connectivity index (χ2v) is 7.37. The molecule has 26 heavy (non-hydrogen) atoms. The van der Waals surface area contributed by atoms with Gasteiger partial charge < -0.3 is 4.52 Å². The van der Waals surface area contributed by atoms with Crippen LogP contribution in [0, 0.1) is 6.92 Å². The maximum atomic E-state index is 5.37. The lowest BCUT2D eigenvalue weighted by Crippen LogP contribution is -1.98. The highest BCUT2D eigenvalue weighted by atomic mass is 79.9. The molecule has 2 aromatic carbocycles. The minimum atomic E-state index is 0.522. The van der Waals surface area contributed by atoms with Crippen LogP contribution in [0.15, 0.2) is 68.7 Å². The lowest BCUT2D eigenvalue weighted by atomic mass is 10.2. The molecule has 4 aromatic rings. The molecule has 4 rings (SSSR count). The van der Waals surface area contributed by atoms with Gasteiger partial charge in [-0.25, -0.2) is 0 Å². The number of thioether (sulfide) groups is 1. The van der Waals surface area contributed by atoms with Crippen molar-refractivity contribution in [1.29, 1.82) is 0 Å². The molecule has 0 aliphatic heterocycles. The predicted molar refractivity (Wildman–Crippen MR) is 103 cm³/mol. The van der Waals surface area contributed by atoms with E-state index in [2.05, 4.69) is 36.3 Å². The SMILES string of the molecule is Cc1nnc(SCc2nc(-c3ccc(Br)cc3)no2)n1-c1ccccc1. The van der Waals surface area contributed by atoms with Gasteiger partial charge in [-0.2, -0.15) is 4.98 Å². The lowest BCUT2D eigenvalue weighted by molar-refractivity contribution is 0.391. The van der Waals surface area contributed by atoms with Gasteiger partial charge in [0.2, 0.25) is 11.7 Å². The summed E-state index contributed by atoms with van der Waals surface area (Å²) in [5.41, 5.74) is 1.94. The molecule has 0 saturated heterocycles. The van der Waals surface area contributed by atoms with E-state index in [0.717, 1.165) is 26.7 Å². The molecule has 0 N–H and O–H groups in total. The zero-order valence-corrected chi connectivity index (χ0v) is 16.2. The Labute approximate surface area is 162 Å². The van der Waals surface area contributed by atoms with E-state index in [9.17, 15) is 0 Å². The van der Waals surface area contributed by atoms with Gasteiger partial charge in [0.05, 0.1) is 5.75 Å². The number of aryl methyl sites for hydroxylation is 1. The number of hydrogen-bond donors (Lipinski definition) is 0. The Bertz CT molecular complexity index is 1010. The van der Waals surface area contributed by atoms with E-state index < -0.39 is 0 Å². The highest BCUT2D eigenvalue weighted by molar-refractivity contribution is 9.10. The second-order valence-electron chi connectivity index (χ2n) is 5.51. The number of aromatic nitrogens is 5. The van der Waals surface area contributed by atoms with Gasteiger partial charge in [0, 0.05) is 15.7 Å². The van der Waals surface area contributed by atoms with Crippen molar-refractivity contribution in [3.8, 4) is 17.1 Å². The van der Waals surface area contributed by atoms with E-state index in [0.29, 0.717) is 17.5 Å². The van der Waals surface area contributed by atoms with Gasteiger partial charge in [-0.3, -0.25) is 4.57 Å². The Hall–Kier alpha value is -2.45. The number of hydrogen-bond acceptors (Lipinski definition) is 6. The minimum Gasteiger partial charge on any atom is -0.338 e. The Balaban J connectivity index is 1.51. The summed E-state index contributed by atoms with van der Waals surface area (Å²) >= 11 is 4.93. The van der Waals surface area contributed by atoms with Crippen molar-refractivity contribution in [2.45, 2.75) is 17.8 Å². The van der Waals surface area contributed by atoms with Gasteiger partial charge in [-0.05, 0) is 43.3 Å². The number of para-hydroxylation sites is 1. The molecule has 6 nitrogen and oxygen atoms in total. The minimum absolute atomic E-state index is 0.522. The molecule has 0 radical (unpaired) electrons. The summed E-state index contributed by atoms with van der Waals surface area (Å²) in [6.07, 6.45) is 0. The monoisotopic (exact) mass is 427 g/mol. The standard InChI is InChI=1S/C18H14BrN5OS/c1-12-21-22-18(24(12)15-5-3-2-4-6-15)26-11-16-20-17(23-25-16)13-7-9-14(19)10-8-13/h2-10H,11H2,1H3. The zero-order chi connectivity index (χ0) is 17.9. The van der Waals surface area contributed by atoms with Crippen molar-refractivity contribution in [3.05, 3.63) is 70.8 Å². The number of nitrogens with zero attached hydrogens (tertiary/aromatic N) is 5. The summed E-state index contributed by atoms with van der Waals surface area (Å²) in [5.74, 6) is 2.48. The summed E-state index contributed by atoms with van der Waals surface area (Å²) in [6, 6.07) is 17.8. The van der Waals surface area contributed by atoms with Crippen LogP contribution in [0.3, 0.4) is 0 Å². The average Bonchev–Trinajstić information content (AvgIpc) is 3.28. The molecule has 0 atom stereocenters. The van der Waals surface area contributed by atoms with Gasteiger partial charge in [0.1, 0.15) is 5.82 Å². The van der Waals surface area contributed by atoms with Crippen molar-refractivity contribution in [1.82, 2.24) is 24.9 Å². The third-order valence-corrected chi connectivity index (χ3v) is 5.15. The number of rotatable bonds is 5. The first kappa shape index (κ1) is 17.0. The summed E-state index contributed by atoms with van der Waals surface area (Å²) in [6.45, 7) is 1.93. The molecule has 2 aromatic heterocycles. The van der Waals surface area contributed by atoms with E-state index in [-0.39, 0.29) is 0 Å². The van der Waals surface area contributed by atoms with Crippen molar-refractivity contribution in [2.24, 2.45) is 0 Å². The van der Waals surface area contributed by atoms with Crippen LogP contribution in [0.4, 0.5) is 0 Å². The van der Waals surface area contributed by atoms with E-state index in [1.165, 1.54) is 11.8 Å². The number of halogens is 1. The smallest absolute Gasteiger partial charge is 0.237 e. The topological polar surface area (TPSA) is 69.6 Å². The maximum absolute atomic E-state index is 5.37. The first-order valence-electron chi connectivity index (χ1n) is 7.89. The molecule has 130 valence electrons. The predicted octanol–water partition coefficient (Wildman–Crippen LogP) is 4.68. The van der Waals surface area contributed by atoms with Gasteiger partial charge >= 0.3 is 0 Å². The molecule has 0 unspecified atom stereocenters. The molecule has 2 heterocycles. The van der Waals surface area contributed by atoms with Gasteiger partial charge in [-0.1, -0.05) is 51.0 Å². The molecule has 0 amide bonds. The van der Waals surface area contributed by atoms with Gasteiger partial charge in [-0.15, -0.1) is 10.2 Å². The highest BCUT2D eigenvalue weighted by Gasteiger charge is 2.14. The van der Waals surface area contributed by atoms with Crippen LogP contribution in [0.2, 0.25) is 0 Å². The van der Waals surface area contributed by atoms with Crippen molar-refractivity contribution in [3.63, 3.8) is 0 Å². The summed E-state index contributed by atoms with van der Waals surface area (Å²) < 4.78 is 8.39. The molecule has 0 bridgehead atoms. The maximum Gasteiger partial charge on any atom is 0.237 e. The molecule has 8 heteroatoms. The quantitative estimate of drug-likeness (QED) is 0.430. The van der Waals surface area contributed by atoms with Crippen LogP contribution in [-0.4, -0.2) is 24.9 Å². The first-order chi connectivity index (χ1) is 12.7. The van der Waals surface area contributed by atoms with Crippen LogP contribution >= 0.6 is 27.7 Å². The Kier molecular flexibility index (Phi) is 4.85. The Morgan fingerprint density at radius 3 is 2.58 bits per heavy atom. The highest BCUT2D eigenvalue weighted by Crippen LogP contribution is 2.26. The number of benzene rings is 2. The third kappa shape index (κ3) is 3.56. The van der Waals surface area contributed by atoms with Gasteiger partial charge in [0.15, 0.2) is 5.16 Å². The molecule has 0 saturated carbocycles. The average molecular weight is 428 g/mol. The molecular weight excluding hydrogens is 414 g/mol. The fraction of sp³-hybridized carbons (Fsp3) is 0.111. The molecule has 0 aliphatic carbocycles. The summed E-state index contributed by atoms with van der Waals surface area (Å²) in [4.78, 5) is 4.46. The third-order valence-electron chi connectivity index (χ3n) is 3.70. The largest absolute Gasteiger partial charge is 0.338 e.